The molecule has 0 saturated heterocycles. The largest absolute Gasteiger partial charge is 0.290 e. The van der Waals surface area contributed by atoms with E-state index in [4.69, 9.17) is 11.6 Å². The Morgan fingerprint density at radius 1 is 1.17 bits per heavy atom. The summed E-state index contributed by atoms with van der Waals surface area (Å²) in [6.07, 6.45) is 0.969. The van der Waals surface area contributed by atoms with E-state index in [9.17, 15) is 8.42 Å². The van der Waals surface area contributed by atoms with Crippen molar-refractivity contribution >= 4 is 33.0 Å². The van der Waals surface area contributed by atoms with Gasteiger partial charge in [0.25, 0.3) is 0 Å². The molecule has 3 aromatic rings. The Bertz CT molecular complexity index is 1100. The number of nitrogens with one attached hydrogen (secondary N) is 1. The molecule has 4 rings (SSSR count). The van der Waals surface area contributed by atoms with E-state index in [0.717, 1.165) is 30.6 Å². The second-order valence-electron chi connectivity index (χ2n) is 7.32. The molecule has 0 radical (unpaired) electrons. The zero-order chi connectivity index (χ0) is 20.4. The molecule has 0 bridgehead atoms. The van der Waals surface area contributed by atoms with Gasteiger partial charge in [0.05, 0.1) is 4.90 Å². The average molecular weight is 447 g/mol. The molecule has 1 aliphatic rings. The maximum atomic E-state index is 12.9. The van der Waals surface area contributed by atoms with Crippen molar-refractivity contribution in [3.63, 3.8) is 0 Å². The van der Waals surface area contributed by atoms with Crippen molar-refractivity contribution in [3.8, 4) is 0 Å². The maximum absolute atomic E-state index is 12.9. The van der Waals surface area contributed by atoms with Gasteiger partial charge in [-0.3, -0.25) is 4.90 Å². The van der Waals surface area contributed by atoms with Crippen molar-refractivity contribution in [2.45, 2.75) is 30.8 Å². The van der Waals surface area contributed by atoms with Gasteiger partial charge >= 0.3 is 0 Å². The fourth-order valence-corrected chi connectivity index (χ4v) is 5.74. The summed E-state index contributed by atoms with van der Waals surface area (Å²) in [5.41, 5.74) is 4.68. The summed E-state index contributed by atoms with van der Waals surface area (Å²) in [6, 6.07) is 15.4. The first kappa shape index (κ1) is 20.6. The highest BCUT2D eigenvalue weighted by Gasteiger charge is 2.27. The smallest absolute Gasteiger partial charge is 0.240 e. The first-order chi connectivity index (χ1) is 13.9. The molecular weight excluding hydrogens is 424 g/mol. The van der Waals surface area contributed by atoms with Gasteiger partial charge in [0.15, 0.2) is 0 Å². The lowest BCUT2D eigenvalue weighted by molar-refractivity contribution is 0.181. The predicted octanol–water partition coefficient (Wildman–Crippen LogP) is 4.79. The molecule has 1 aromatic heterocycles. The average Bonchev–Trinajstić information content (AvgIpc) is 3.24. The Hall–Kier alpha value is -1.70. The van der Waals surface area contributed by atoms with Crippen molar-refractivity contribution in [1.82, 2.24) is 9.62 Å². The van der Waals surface area contributed by atoms with Gasteiger partial charge in [0, 0.05) is 30.7 Å². The van der Waals surface area contributed by atoms with Crippen LogP contribution in [0.3, 0.4) is 0 Å². The van der Waals surface area contributed by atoms with Crippen molar-refractivity contribution in [1.29, 1.82) is 0 Å². The molecule has 1 N–H and O–H groups in total. The molecule has 0 aliphatic carbocycles. The van der Waals surface area contributed by atoms with Crippen molar-refractivity contribution in [3.05, 3.63) is 86.6 Å². The number of fused-ring (bicyclic) bond motifs is 1. The molecular formula is C22H23ClN2O2S2. The summed E-state index contributed by atoms with van der Waals surface area (Å²) >= 11 is 7.76. The molecule has 4 nitrogen and oxygen atoms in total. The SMILES string of the molecule is Cc1ccc(S(=O)(=O)NCC(c2ccsc2)N2CCc3ccccc3C2)cc1Cl. The van der Waals surface area contributed by atoms with Crippen molar-refractivity contribution < 1.29 is 8.42 Å². The van der Waals surface area contributed by atoms with E-state index in [-0.39, 0.29) is 10.9 Å². The van der Waals surface area contributed by atoms with E-state index in [1.54, 1.807) is 23.5 Å². The van der Waals surface area contributed by atoms with Gasteiger partial charge in [-0.25, -0.2) is 13.1 Å². The molecule has 29 heavy (non-hydrogen) atoms. The summed E-state index contributed by atoms with van der Waals surface area (Å²) in [7, 11) is -3.64. The zero-order valence-corrected chi connectivity index (χ0v) is 18.5. The van der Waals surface area contributed by atoms with Gasteiger partial charge in [0.2, 0.25) is 10.0 Å². The lowest BCUT2D eigenvalue weighted by Crippen LogP contribution is -2.40. The minimum atomic E-state index is -3.64. The minimum absolute atomic E-state index is 0.0229. The van der Waals surface area contributed by atoms with Crippen LogP contribution in [0.2, 0.25) is 5.02 Å². The highest BCUT2D eigenvalue weighted by atomic mass is 35.5. The van der Waals surface area contributed by atoms with Crippen LogP contribution in [-0.2, 0) is 23.0 Å². The first-order valence-corrected chi connectivity index (χ1v) is 12.3. The molecule has 7 heteroatoms. The summed E-state index contributed by atoms with van der Waals surface area (Å²) in [6.45, 7) is 3.88. The number of aryl methyl sites for hydroxylation is 1. The van der Waals surface area contributed by atoms with Crippen LogP contribution in [0.4, 0.5) is 0 Å². The fourth-order valence-electron chi connectivity index (χ4n) is 3.72. The van der Waals surface area contributed by atoms with E-state index in [1.807, 2.05) is 12.3 Å². The summed E-state index contributed by atoms with van der Waals surface area (Å²) in [4.78, 5) is 2.55. The Kier molecular flexibility index (Phi) is 6.08. The highest BCUT2D eigenvalue weighted by Crippen LogP contribution is 2.29. The van der Waals surface area contributed by atoms with E-state index in [1.165, 1.54) is 17.2 Å². The lowest BCUT2D eigenvalue weighted by atomic mass is 9.97. The third kappa shape index (κ3) is 4.57. The van der Waals surface area contributed by atoms with E-state index < -0.39 is 10.0 Å². The fraction of sp³-hybridized carbons (Fsp3) is 0.273. The van der Waals surface area contributed by atoms with E-state index in [0.29, 0.717) is 11.6 Å². The number of hydrogen-bond donors (Lipinski definition) is 1. The van der Waals surface area contributed by atoms with E-state index in [2.05, 4.69) is 45.3 Å². The third-order valence-corrected chi connectivity index (χ3v) is 7.98. The van der Waals surface area contributed by atoms with Crippen LogP contribution < -0.4 is 4.72 Å². The van der Waals surface area contributed by atoms with Gasteiger partial charge in [-0.15, -0.1) is 0 Å². The van der Waals surface area contributed by atoms with Crippen LogP contribution in [0.15, 0.2) is 64.2 Å². The Labute approximate surface area is 181 Å². The van der Waals surface area contributed by atoms with Gasteiger partial charge in [0.1, 0.15) is 0 Å². The van der Waals surface area contributed by atoms with Crippen LogP contribution >= 0.6 is 22.9 Å². The number of halogens is 1. The van der Waals surface area contributed by atoms with E-state index >= 15 is 0 Å². The van der Waals surface area contributed by atoms with Gasteiger partial charge < -0.3 is 0 Å². The van der Waals surface area contributed by atoms with Crippen LogP contribution in [0.25, 0.3) is 0 Å². The van der Waals surface area contributed by atoms with Crippen LogP contribution in [0.5, 0.6) is 0 Å². The second-order valence-corrected chi connectivity index (χ2v) is 10.3. The number of sulfonamides is 1. The molecule has 152 valence electrons. The second kappa shape index (κ2) is 8.58. The Morgan fingerprint density at radius 3 is 2.69 bits per heavy atom. The van der Waals surface area contributed by atoms with Gasteiger partial charge in [-0.2, -0.15) is 11.3 Å². The molecule has 0 fully saturated rings. The monoisotopic (exact) mass is 446 g/mol. The van der Waals surface area contributed by atoms with Crippen LogP contribution in [0, 0.1) is 6.92 Å². The molecule has 2 aromatic carbocycles. The summed E-state index contributed by atoms with van der Waals surface area (Å²) in [5.74, 6) is 0. The number of nitrogens with zero attached hydrogens (tertiary/aromatic N) is 1. The maximum Gasteiger partial charge on any atom is 0.240 e. The number of hydrogen-bond acceptors (Lipinski definition) is 4. The van der Waals surface area contributed by atoms with Crippen molar-refractivity contribution in [2.75, 3.05) is 13.1 Å². The molecule has 1 unspecified atom stereocenters. The normalized spacial score (nSPS) is 15.8. The number of benzene rings is 2. The minimum Gasteiger partial charge on any atom is -0.290 e. The standard InChI is InChI=1S/C22H23ClN2O2S2/c1-16-6-7-20(12-21(16)23)29(26,27)24-13-22(19-9-11-28-15-19)25-10-8-17-4-2-3-5-18(17)14-25/h2-7,9,11-12,15,22,24H,8,10,13-14H2,1H3. The van der Waals surface area contributed by atoms with Crippen molar-refractivity contribution in [2.24, 2.45) is 0 Å². The topological polar surface area (TPSA) is 49.4 Å². The zero-order valence-electron chi connectivity index (χ0n) is 16.1. The van der Waals surface area contributed by atoms with Crippen LogP contribution in [0.1, 0.15) is 28.3 Å². The van der Waals surface area contributed by atoms with Crippen LogP contribution in [-0.4, -0.2) is 26.4 Å². The molecule has 1 atom stereocenters. The molecule has 0 saturated carbocycles. The quantitative estimate of drug-likeness (QED) is 0.592. The third-order valence-electron chi connectivity index (χ3n) is 5.45. The molecule has 2 heterocycles. The molecule has 0 amide bonds. The number of rotatable bonds is 6. The highest BCUT2D eigenvalue weighted by molar-refractivity contribution is 7.89. The molecule has 0 spiro atoms. The molecule has 1 aliphatic heterocycles. The summed E-state index contributed by atoms with van der Waals surface area (Å²) < 4.78 is 28.5. The first-order valence-electron chi connectivity index (χ1n) is 9.53. The Balaban J connectivity index is 1.55. The number of thiophene rings is 1. The summed E-state index contributed by atoms with van der Waals surface area (Å²) in [5, 5.41) is 4.59. The van der Waals surface area contributed by atoms with Gasteiger partial charge in [-0.05, 0) is 64.6 Å². The Morgan fingerprint density at radius 2 is 1.97 bits per heavy atom. The van der Waals surface area contributed by atoms with Gasteiger partial charge in [-0.1, -0.05) is 41.9 Å². The predicted molar refractivity (Wildman–Crippen MR) is 119 cm³/mol. The lowest BCUT2D eigenvalue weighted by Gasteiger charge is -2.35.